The minimum atomic E-state index is -0.443. The van der Waals surface area contributed by atoms with Crippen LogP contribution in [0.1, 0.15) is 257 Å². The third kappa shape index (κ3) is 68.3. The number of aromatic nitrogens is 12. The van der Waals surface area contributed by atoms with Gasteiger partial charge in [0.15, 0.2) is 0 Å². The number of rotatable bonds is 21. The van der Waals surface area contributed by atoms with Gasteiger partial charge in [-0.2, -0.15) is 0 Å². The quantitative estimate of drug-likeness (QED) is 0.0297. The third-order valence-electron chi connectivity index (χ3n) is 20.7. The molecule has 13 aromatic rings. The van der Waals surface area contributed by atoms with Crippen LogP contribution in [0.4, 0.5) is 0 Å². The Balaban J connectivity index is -0.000000510. The zero-order chi connectivity index (χ0) is 108. The molecule has 24 nitrogen and oxygen atoms in total. The van der Waals surface area contributed by atoms with Crippen LogP contribution in [-0.4, -0.2) is 194 Å². The number of aliphatic hydroxyl groups is 12. The summed E-state index contributed by atoms with van der Waals surface area (Å²) in [5.41, 5.74) is 19.3. The van der Waals surface area contributed by atoms with Crippen molar-refractivity contribution in [3.63, 3.8) is 0 Å². The molecule has 0 fully saturated rings. The Morgan fingerprint density at radius 3 is 0.705 bits per heavy atom. The Labute approximate surface area is 972 Å². The maximum absolute atomic E-state index is 9.76. The summed E-state index contributed by atoms with van der Waals surface area (Å²) in [7, 11) is 0. The summed E-state index contributed by atoms with van der Waals surface area (Å²) in [6.45, 7) is 55.3. The summed E-state index contributed by atoms with van der Waals surface area (Å²) in [4.78, 5) is 50.8. The third-order valence-corrected chi connectivity index (χ3v) is 20.7. The second kappa shape index (κ2) is 80.3. The topological polar surface area (TPSA) is 397 Å². The minimum Gasteiger partial charge on any atom is -0.393 e. The van der Waals surface area contributed by atoms with Gasteiger partial charge in [0, 0.05) is 168 Å². The van der Waals surface area contributed by atoms with Crippen molar-refractivity contribution >= 4 is 0 Å². The molecular weight excluding hydrogens is 2940 g/mol. The molecule has 0 spiro atoms. The molecule has 0 saturated carbocycles. The molecule has 13 rings (SSSR count). The summed E-state index contributed by atoms with van der Waals surface area (Å²) < 4.78 is 0. The Bertz CT molecular complexity index is 5170. The Hall–Kier alpha value is -7.56. The number of nitrogens with zero attached hydrogens (tertiary/aromatic N) is 12. The fraction of sp³-hybridized carbons (Fsp3) is 0.445. The Kier molecular flexibility index (Phi) is 80.7. The van der Waals surface area contributed by atoms with E-state index in [-0.39, 0.29) is 191 Å². The number of benzene rings is 7. The average molecular weight is 3110 g/mol. The first kappa shape index (κ1) is 150. The Morgan fingerprint density at radius 1 is 0.242 bits per heavy atom. The van der Waals surface area contributed by atoms with E-state index >= 15 is 0 Å². The van der Waals surface area contributed by atoms with Gasteiger partial charge >= 0.3 is 0 Å². The van der Waals surface area contributed by atoms with E-state index in [0.717, 1.165) is 119 Å². The zero-order valence-corrected chi connectivity index (χ0v) is 106. The molecule has 832 valence electrons. The zero-order valence-electron chi connectivity index (χ0n) is 92.1. The number of aliphatic hydroxyl groups excluding tert-OH is 12. The van der Waals surface area contributed by atoms with E-state index in [1.165, 1.54) is 0 Å². The van der Waals surface area contributed by atoms with Gasteiger partial charge in [0.05, 0.1) is 73.2 Å². The van der Waals surface area contributed by atoms with E-state index in [2.05, 4.69) is 136 Å². The molecule has 6 radical (unpaired) electrons. The molecular formula is C119H164Ir6N12O12-6. The molecule has 0 bridgehead atoms. The molecule has 30 heteroatoms. The van der Waals surface area contributed by atoms with Crippen molar-refractivity contribution in [3.05, 3.63) is 314 Å². The van der Waals surface area contributed by atoms with Gasteiger partial charge < -0.3 is 61.3 Å². The fourth-order valence-corrected chi connectivity index (χ4v) is 12.5. The van der Waals surface area contributed by atoms with Gasteiger partial charge in [-0.15, -0.1) is 215 Å². The maximum atomic E-state index is 9.76. The average Bonchev–Trinajstić information content (AvgIpc) is 0.796. The second-order valence-electron chi connectivity index (χ2n) is 40.4. The minimum absolute atomic E-state index is 0. The van der Waals surface area contributed by atoms with Gasteiger partial charge in [-0.1, -0.05) is 171 Å². The van der Waals surface area contributed by atoms with E-state index < -0.39 is 24.4 Å². The summed E-state index contributed by atoms with van der Waals surface area (Å²) in [6, 6.07) is 86.1. The smallest absolute Gasteiger partial charge is 0.116 e. The monoisotopic (exact) mass is 3110 g/mol. The van der Waals surface area contributed by atoms with E-state index in [1.807, 2.05) is 312 Å². The van der Waals surface area contributed by atoms with Crippen LogP contribution in [0.3, 0.4) is 0 Å². The van der Waals surface area contributed by atoms with Crippen molar-refractivity contribution in [2.45, 2.75) is 324 Å². The van der Waals surface area contributed by atoms with E-state index in [4.69, 9.17) is 40.9 Å². The van der Waals surface area contributed by atoms with E-state index in [1.54, 1.807) is 87.0 Å². The molecule has 0 aliphatic heterocycles. The summed E-state index contributed by atoms with van der Waals surface area (Å²) >= 11 is 0. The first-order valence-electron chi connectivity index (χ1n) is 48.9. The van der Waals surface area contributed by atoms with Crippen LogP contribution >= 0.6 is 0 Å². The summed E-state index contributed by atoms with van der Waals surface area (Å²) in [5, 5.41) is 108. The van der Waals surface area contributed by atoms with Crippen molar-refractivity contribution in [1.82, 2.24) is 59.8 Å². The van der Waals surface area contributed by atoms with Gasteiger partial charge in [-0.25, -0.2) is 29.9 Å². The van der Waals surface area contributed by atoms with Crippen LogP contribution in [0.25, 0.3) is 78.7 Å². The summed E-state index contributed by atoms with van der Waals surface area (Å²) in [5.74, 6) is 1.66. The molecule has 0 saturated heterocycles. The number of hydrogen-bond acceptors (Lipinski definition) is 24. The first-order chi connectivity index (χ1) is 67.0. The summed E-state index contributed by atoms with van der Waals surface area (Å²) in [6.07, 6.45) is 6.01. The van der Waals surface area contributed by atoms with Crippen molar-refractivity contribution in [2.24, 2.45) is 21.7 Å². The van der Waals surface area contributed by atoms with E-state index in [9.17, 15) is 20.4 Å². The van der Waals surface area contributed by atoms with E-state index in [0.29, 0.717) is 50.4 Å². The standard InChI is InChI=1S/C17H13N2.2C13H13N2.C12H11N2.2C11H9N2.2C11H24O2.4C5H12O2.6Ir/c1-13-16(14-8-4-2-5-9-14)17(19-12-18-13)15-10-6-3-7-11-15;2*1-10(2)12-8-13(15-9-14-12)11-6-4-3-5-7-11;1-9-8-12(14-10(2)13-9)11-6-4-3-5-7-11;2*1-9-7-11(13-8-12-9)10-5-3-2-4-6-10;2*1-10(2,3)8(12)7-9(13)11(4,5)6;4*1-4(6)3-5(2)7;;;;;;/h2-10,12H,1H3;2*3-6,8-10H,1-2H3;3-6,8H,1-2H3;2*2-5,7-8H,1H3;2*8-9,12-13H,7H2,1-6H3;4*4-7H,3H2,1-2H3;;;;;;/q6*-1;;;;;;;;;;;;. The van der Waals surface area contributed by atoms with Crippen molar-refractivity contribution in [1.29, 1.82) is 0 Å². The Morgan fingerprint density at radius 2 is 0.477 bits per heavy atom. The van der Waals surface area contributed by atoms with Gasteiger partial charge in [0.1, 0.15) is 37.5 Å². The molecule has 7 aromatic carbocycles. The van der Waals surface area contributed by atoms with Gasteiger partial charge in [0.25, 0.3) is 0 Å². The maximum Gasteiger partial charge on any atom is 0.116 e. The predicted octanol–water partition coefficient (Wildman–Crippen LogP) is 22.0. The molecule has 12 unspecified atom stereocenters. The van der Waals surface area contributed by atoms with Gasteiger partial charge in [0.2, 0.25) is 0 Å². The predicted molar refractivity (Wildman–Crippen MR) is 578 cm³/mol. The van der Waals surface area contributed by atoms with Crippen LogP contribution in [-0.2, 0) is 121 Å². The molecule has 0 amide bonds. The SMILES string of the molecule is CC(C)(C)C(O)CC(O)C(C)(C)C.CC(C)(C)C(O)CC(O)C(C)(C)C.CC(C)c1cc(-c2[c-]cccc2)ncn1.CC(C)c1cc(-c2[c-]cccc2)ncn1.CC(O)CC(C)O.CC(O)CC(C)O.CC(O)CC(C)O.CC(O)CC(C)O.Cc1cc(-c2[c-]cccc2)nc(C)n1.Cc1cc(-c2[c-]cccc2)ncn1.Cc1cc(-c2[c-]cccc2)ncn1.Cc1ncnc(-c2[c-]cccc2)c1-c1ccccc1.[Ir].[Ir].[Ir].[Ir].[Ir].[Ir]. The van der Waals surface area contributed by atoms with Crippen LogP contribution < -0.4 is 0 Å². The number of hydrogen-bond donors (Lipinski definition) is 12. The van der Waals surface area contributed by atoms with Gasteiger partial charge in [-0.05, 0) is 194 Å². The molecule has 12 atom stereocenters. The molecule has 0 aliphatic carbocycles. The molecule has 0 aliphatic rings. The van der Waals surface area contributed by atoms with Crippen LogP contribution in [0.5, 0.6) is 0 Å². The number of aryl methyl sites for hydroxylation is 5. The normalized spacial score (nSPS) is 12.9. The molecule has 149 heavy (non-hydrogen) atoms. The second-order valence-corrected chi connectivity index (χ2v) is 40.4. The first-order valence-corrected chi connectivity index (χ1v) is 48.9. The van der Waals surface area contributed by atoms with Gasteiger partial charge in [-0.3, -0.25) is 29.9 Å². The molecule has 12 N–H and O–H groups in total. The molecule has 6 heterocycles. The largest absolute Gasteiger partial charge is 0.393 e. The fourth-order valence-electron chi connectivity index (χ4n) is 12.5. The molecule has 6 aromatic heterocycles. The van der Waals surface area contributed by atoms with Crippen molar-refractivity contribution in [3.8, 4) is 78.7 Å². The van der Waals surface area contributed by atoms with Crippen LogP contribution in [0, 0.1) is 92.7 Å². The van der Waals surface area contributed by atoms with Crippen LogP contribution in [0.2, 0.25) is 0 Å². The van der Waals surface area contributed by atoms with Crippen molar-refractivity contribution < 1.29 is 182 Å². The van der Waals surface area contributed by atoms with Crippen LogP contribution in [0.15, 0.2) is 238 Å². The van der Waals surface area contributed by atoms with Crippen molar-refractivity contribution in [2.75, 3.05) is 0 Å².